The van der Waals surface area contributed by atoms with Crippen molar-refractivity contribution in [3.63, 3.8) is 0 Å². The topological polar surface area (TPSA) is 38.3 Å². The Kier molecular flexibility index (Phi) is 7.76. The van der Waals surface area contributed by atoms with Crippen LogP contribution in [0.15, 0.2) is 42.5 Å². The third kappa shape index (κ3) is 6.63. The molecule has 24 heavy (non-hydrogen) atoms. The smallest absolute Gasteiger partial charge is 0.230 e. The number of hydrogen-bond donors (Lipinski definition) is 1. The molecule has 0 aliphatic heterocycles. The number of halogens is 2. The lowest BCUT2D eigenvalue weighted by atomic mass is 10.2. The van der Waals surface area contributed by atoms with Crippen LogP contribution in [0.5, 0.6) is 5.75 Å². The van der Waals surface area contributed by atoms with Crippen LogP contribution in [0.4, 0.5) is 0 Å². The first kappa shape index (κ1) is 19.0. The molecule has 0 fully saturated rings. The molecule has 6 heteroatoms. The Labute approximate surface area is 156 Å². The first-order chi connectivity index (χ1) is 11.5. The summed E-state index contributed by atoms with van der Waals surface area (Å²) in [7, 11) is 0. The minimum absolute atomic E-state index is 0.00688. The van der Waals surface area contributed by atoms with E-state index in [2.05, 4.69) is 5.32 Å². The standard InChI is InChI=1S/C18H19Cl2NO2S/c1-13-5-6-16(10-17(13)20)23-8-7-21-18(22)12-24-11-14-3-2-4-15(19)9-14/h2-6,9-10H,7-8,11-12H2,1H3,(H,21,22). The number of rotatable bonds is 8. The fourth-order valence-corrected chi connectivity index (χ4v) is 3.15. The van der Waals surface area contributed by atoms with Gasteiger partial charge >= 0.3 is 0 Å². The Morgan fingerprint density at radius 3 is 2.79 bits per heavy atom. The van der Waals surface area contributed by atoms with E-state index in [1.54, 1.807) is 17.8 Å². The van der Waals surface area contributed by atoms with Crippen molar-refractivity contribution in [3.8, 4) is 5.75 Å². The summed E-state index contributed by atoms with van der Waals surface area (Å²) in [6.07, 6.45) is 0. The van der Waals surface area contributed by atoms with Gasteiger partial charge in [0.05, 0.1) is 12.3 Å². The van der Waals surface area contributed by atoms with Crippen LogP contribution in [0.1, 0.15) is 11.1 Å². The molecule has 0 aliphatic rings. The lowest BCUT2D eigenvalue weighted by Crippen LogP contribution is -2.29. The van der Waals surface area contributed by atoms with Crippen LogP contribution in [0.2, 0.25) is 10.0 Å². The molecule has 0 saturated heterocycles. The van der Waals surface area contributed by atoms with E-state index in [4.69, 9.17) is 27.9 Å². The molecule has 128 valence electrons. The normalized spacial score (nSPS) is 10.5. The molecule has 2 aromatic carbocycles. The molecule has 0 unspecified atom stereocenters. The Bertz CT molecular complexity index is 694. The first-order valence-electron chi connectivity index (χ1n) is 7.52. The average molecular weight is 384 g/mol. The highest BCUT2D eigenvalue weighted by atomic mass is 35.5. The Hall–Kier alpha value is -1.36. The predicted octanol–water partition coefficient (Wildman–Crippen LogP) is 4.73. The van der Waals surface area contributed by atoms with E-state index in [1.165, 1.54) is 0 Å². The van der Waals surface area contributed by atoms with Crippen molar-refractivity contribution in [1.82, 2.24) is 5.32 Å². The Balaban J connectivity index is 1.60. The van der Waals surface area contributed by atoms with E-state index in [9.17, 15) is 4.79 Å². The van der Waals surface area contributed by atoms with Crippen molar-refractivity contribution < 1.29 is 9.53 Å². The SMILES string of the molecule is Cc1ccc(OCCNC(=O)CSCc2cccc(Cl)c2)cc1Cl. The zero-order chi connectivity index (χ0) is 17.4. The van der Waals surface area contributed by atoms with E-state index >= 15 is 0 Å². The largest absolute Gasteiger partial charge is 0.492 e. The molecular formula is C18H19Cl2NO2S. The maximum atomic E-state index is 11.8. The molecule has 2 aromatic rings. The van der Waals surface area contributed by atoms with E-state index < -0.39 is 0 Å². The third-order valence-corrected chi connectivity index (χ3v) is 4.87. The highest BCUT2D eigenvalue weighted by Gasteiger charge is 2.03. The molecule has 3 nitrogen and oxygen atoms in total. The van der Waals surface area contributed by atoms with Gasteiger partial charge in [-0.05, 0) is 42.3 Å². The average Bonchev–Trinajstić information content (AvgIpc) is 2.55. The summed E-state index contributed by atoms with van der Waals surface area (Å²) in [5, 5.41) is 4.22. The van der Waals surface area contributed by atoms with Crippen LogP contribution in [0, 0.1) is 6.92 Å². The molecule has 0 saturated carbocycles. The highest BCUT2D eigenvalue weighted by molar-refractivity contribution is 7.99. The first-order valence-corrected chi connectivity index (χ1v) is 9.43. The van der Waals surface area contributed by atoms with E-state index in [0.29, 0.717) is 34.7 Å². The second kappa shape index (κ2) is 9.82. The second-order valence-corrected chi connectivity index (χ2v) is 7.06. The molecule has 2 rings (SSSR count). The van der Waals surface area contributed by atoms with Crippen LogP contribution in [0.3, 0.4) is 0 Å². The van der Waals surface area contributed by atoms with Gasteiger partial charge in [0, 0.05) is 15.8 Å². The zero-order valence-corrected chi connectivity index (χ0v) is 15.7. The van der Waals surface area contributed by atoms with Crippen molar-refractivity contribution in [2.24, 2.45) is 0 Å². The maximum Gasteiger partial charge on any atom is 0.230 e. The monoisotopic (exact) mass is 383 g/mol. The van der Waals surface area contributed by atoms with Gasteiger partial charge in [-0.15, -0.1) is 11.8 Å². The van der Waals surface area contributed by atoms with Crippen LogP contribution < -0.4 is 10.1 Å². The molecule has 0 bridgehead atoms. The van der Waals surface area contributed by atoms with Crippen LogP contribution in [-0.2, 0) is 10.5 Å². The summed E-state index contributed by atoms with van der Waals surface area (Å²) < 4.78 is 5.56. The number of ether oxygens (including phenoxy) is 1. The molecule has 0 heterocycles. The number of aryl methyl sites for hydroxylation is 1. The molecule has 0 atom stereocenters. The summed E-state index contributed by atoms with van der Waals surface area (Å²) in [6, 6.07) is 13.2. The summed E-state index contributed by atoms with van der Waals surface area (Å²) >= 11 is 13.5. The van der Waals surface area contributed by atoms with E-state index in [0.717, 1.165) is 16.9 Å². The molecule has 0 spiro atoms. The number of carbonyl (C=O) groups excluding carboxylic acids is 1. The van der Waals surface area contributed by atoms with E-state index in [1.807, 2.05) is 43.3 Å². The zero-order valence-electron chi connectivity index (χ0n) is 13.4. The maximum absolute atomic E-state index is 11.8. The van der Waals surface area contributed by atoms with Gasteiger partial charge in [0.25, 0.3) is 0 Å². The van der Waals surface area contributed by atoms with Crippen molar-refractivity contribution >= 4 is 40.9 Å². The van der Waals surface area contributed by atoms with Crippen molar-refractivity contribution in [1.29, 1.82) is 0 Å². The molecule has 0 radical (unpaired) electrons. The summed E-state index contributed by atoms with van der Waals surface area (Å²) in [5.41, 5.74) is 2.12. The molecule has 0 aromatic heterocycles. The van der Waals surface area contributed by atoms with Gasteiger partial charge < -0.3 is 10.1 Å². The lowest BCUT2D eigenvalue weighted by molar-refractivity contribution is -0.118. The number of thioether (sulfide) groups is 1. The summed E-state index contributed by atoms with van der Waals surface area (Å²) in [5.74, 6) is 1.86. The fraction of sp³-hybridized carbons (Fsp3) is 0.278. The second-order valence-electron chi connectivity index (χ2n) is 5.23. The lowest BCUT2D eigenvalue weighted by Gasteiger charge is -2.09. The fourth-order valence-electron chi connectivity index (χ4n) is 1.96. The van der Waals surface area contributed by atoms with Crippen LogP contribution in [0.25, 0.3) is 0 Å². The van der Waals surface area contributed by atoms with Gasteiger partial charge in [-0.3, -0.25) is 4.79 Å². The summed E-state index contributed by atoms with van der Waals surface area (Å²) in [4.78, 5) is 11.8. The van der Waals surface area contributed by atoms with Gasteiger partial charge in [0.2, 0.25) is 5.91 Å². The van der Waals surface area contributed by atoms with Crippen molar-refractivity contribution in [3.05, 3.63) is 63.6 Å². The Morgan fingerprint density at radius 2 is 2.04 bits per heavy atom. The quantitative estimate of drug-likeness (QED) is 0.669. The van der Waals surface area contributed by atoms with Gasteiger partial charge in [0.15, 0.2) is 0 Å². The van der Waals surface area contributed by atoms with E-state index in [-0.39, 0.29) is 5.91 Å². The van der Waals surface area contributed by atoms with Gasteiger partial charge in [0.1, 0.15) is 12.4 Å². The number of amides is 1. The predicted molar refractivity (Wildman–Crippen MR) is 102 cm³/mol. The van der Waals surface area contributed by atoms with Crippen LogP contribution >= 0.6 is 35.0 Å². The summed E-state index contributed by atoms with van der Waals surface area (Å²) in [6.45, 7) is 2.81. The van der Waals surface area contributed by atoms with Gasteiger partial charge in [-0.2, -0.15) is 0 Å². The minimum atomic E-state index is -0.00688. The molecule has 1 N–H and O–H groups in total. The number of nitrogens with one attached hydrogen (secondary N) is 1. The molecule has 1 amide bonds. The minimum Gasteiger partial charge on any atom is -0.492 e. The molecular weight excluding hydrogens is 365 g/mol. The van der Waals surface area contributed by atoms with Crippen molar-refractivity contribution in [2.45, 2.75) is 12.7 Å². The van der Waals surface area contributed by atoms with Crippen molar-refractivity contribution in [2.75, 3.05) is 18.9 Å². The highest BCUT2D eigenvalue weighted by Crippen LogP contribution is 2.21. The van der Waals surface area contributed by atoms with Crippen LogP contribution in [-0.4, -0.2) is 24.8 Å². The third-order valence-electron chi connectivity index (χ3n) is 3.23. The van der Waals surface area contributed by atoms with Gasteiger partial charge in [-0.1, -0.05) is 41.4 Å². The number of benzene rings is 2. The Morgan fingerprint density at radius 1 is 1.21 bits per heavy atom. The molecule has 0 aliphatic carbocycles. The number of carbonyl (C=O) groups is 1. The number of hydrogen-bond acceptors (Lipinski definition) is 3. The van der Waals surface area contributed by atoms with Gasteiger partial charge in [-0.25, -0.2) is 0 Å².